The van der Waals surface area contributed by atoms with Gasteiger partial charge in [0, 0.05) is 17.6 Å². The van der Waals surface area contributed by atoms with Crippen LogP contribution in [0.25, 0.3) is 0 Å². The van der Waals surface area contributed by atoms with Crippen LogP contribution in [0.2, 0.25) is 0 Å². The quantitative estimate of drug-likeness (QED) is 0.767. The molecule has 0 saturated carbocycles. The molecule has 1 fully saturated rings. The molecule has 0 bridgehead atoms. The molecule has 1 aromatic rings. The second-order valence-corrected chi connectivity index (χ2v) is 6.74. The van der Waals surface area contributed by atoms with Crippen LogP contribution in [0.4, 0.5) is 0 Å². The summed E-state index contributed by atoms with van der Waals surface area (Å²) in [6.07, 6.45) is 2.17. The Morgan fingerprint density at radius 2 is 1.89 bits per heavy atom. The van der Waals surface area contributed by atoms with Crippen molar-refractivity contribution < 1.29 is 4.79 Å². The second-order valence-electron chi connectivity index (χ2n) is 5.89. The molecule has 3 heteroatoms. The lowest BCUT2D eigenvalue weighted by Crippen LogP contribution is -2.41. The van der Waals surface area contributed by atoms with E-state index in [1.807, 2.05) is 30.0 Å². The van der Waals surface area contributed by atoms with E-state index in [1.165, 1.54) is 0 Å². The number of nitrogens with zero attached hydrogens (tertiary/aromatic N) is 1. The van der Waals surface area contributed by atoms with Crippen molar-refractivity contribution in [1.82, 2.24) is 4.90 Å². The van der Waals surface area contributed by atoms with E-state index in [1.54, 1.807) is 0 Å². The SMILES string of the molecule is Cc1cccc(Br)c1C(=O)N1CCC(C)(C)CC1. The summed E-state index contributed by atoms with van der Waals surface area (Å²) in [5.41, 5.74) is 2.23. The number of halogens is 1. The van der Waals surface area contributed by atoms with Crippen molar-refractivity contribution in [2.75, 3.05) is 13.1 Å². The standard InChI is InChI=1S/C15H20BrNO/c1-11-5-4-6-12(16)13(11)14(18)17-9-7-15(2,3)8-10-17/h4-6H,7-10H2,1-3H3. The van der Waals surface area contributed by atoms with E-state index in [0.29, 0.717) is 5.41 Å². The first-order valence-corrected chi connectivity index (χ1v) is 7.24. The average molecular weight is 310 g/mol. The molecule has 2 nitrogen and oxygen atoms in total. The Balaban J connectivity index is 2.18. The molecule has 0 aliphatic carbocycles. The van der Waals surface area contributed by atoms with Gasteiger partial charge in [-0.25, -0.2) is 0 Å². The monoisotopic (exact) mass is 309 g/mol. The minimum absolute atomic E-state index is 0.162. The molecule has 98 valence electrons. The van der Waals surface area contributed by atoms with Crippen LogP contribution < -0.4 is 0 Å². The number of hydrogen-bond acceptors (Lipinski definition) is 1. The predicted molar refractivity (Wildman–Crippen MR) is 77.8 cm³/mol. The summed E-state index contributed by atoms with van der Waals surface area (Å²) in [5.74, 6) is 0.162. The molecule has 0 unspecified atom stereocenters. The van der Waals surface area contributed by atoms with Gasteiger partial charge >= 0.3 is 0 Å². The Morgan fingerprint density at radius 3 is 2.44 bits per heavy atom. The first-order valence-electron chi connectivity index (χ1n) is 6.45. The van der Waals surface area contributed by atoms with E-state index < -0.39 is 0 Å². The van der Waals surface area contributed by atoms with Gasteiger partial charge in [0.05, 0.1) is 5.56 Å². The Kier molecular flexibility index (Phi) is 3.81. The lowest BCUT2D eigenvalue weighted by molar-refractivity contribution is 0.0628. The number of amides is 1. The highest BCUT2D eigenvalue weighted by Gasteiger charge is 2.29. The van der Waals surface area contributed by atoms with Crippen LogP contribution in [0.1, 0.15) is 42.6 Å². The summed E-state index contributed by atoms with van der Waals surface area (Å²) in [4.78, 5) is 14.5. The van der Waals surface area contributed by atoms with Gasteiger partial charge in [0.2, 0.25) is 0 Å². The number of likely N-dealkylation sites (tertiary alicyclic amines) is 1. The van der Waals surface area contributed by atoms with Crippen LogP contribution in [0, 0.1) is 12.3 Å². The fourth-order valence-corrected chi connectivity index (χ4v) is 3.01. The molecule has 1 aliphatic heterocycles. The Labute approximate surface area is 117 Å². The second kappa shape index (κ2) is 5.04. The minimum atomic E-state index is 0.162. The number of carbonyl (C=O) groups excluding carboxylic acids is 1. The number of carbonyl (C=O) groups is 1. The van der Waals surface area contributed by atoms with E-state index in [2.05, 4.69) is 29.8 Å². The van der Waals surface area contributed by atoms with E-state index in [-0.39, 0.29) is 5.91 Å². The van der Waals surface area contributed by atoms with Crippen LogP contribution in [-0.2, 0) is 0 Å². The fourth-order valence-electron chi connectivity index (χ4n) is 2.38. The van der Waals surface area contributed by atoms with Crippen LogP contribution in [-0.4, -0.2) is 23.9 Å². The molecule has 0 N–H and O–H groups in total. The van der Waals surface area contributed by atoms with Crippen molar-refractivity contribution in [1.29, 1.82) is 0 Å². The zero-order valence-electron chi connectivity index (χ0n) is 11.3. The Hall–Kier alpha value is -0.830. The largest absolute Gasteiger partial charge is 0.339 e. The lowest BCUT2D eigenvalue weighted by Gasteiger charge is -2.37. The first-order chi connectivity index (χ1) is 8.41. The number of piperidine rings is 1. The summed E-state index contributed by atoms with van der Waals surface area (Å²) >= 11 is 3.49. The van der Waals surface area contributed by atoms with E-state index >= 15 is 0 Å². The van der Waals surface area contributed by atoms with E-state index in [0.717, 1.165) is 41.5 Å². The maximum absolute atomic E-state index is 12.5. The molecule has 1 amide bonds. The number of benzene rings is 1. The smallest absolute Gasteiger partial charge is 0.255 e. The maximum atomic E-state index is 12.5. The molecule has 0 aromatic heterocycles. The molecule has 1 aliphatic rings. The first kappa shape index (κ1) is 13.6. The van der Waals surface area contributed by atoms with Crippen LogP contribution in [0.5, 0.6) is 0 Å². The molecule has 1 heterocycles. The normalized spacial score (nSPS) is 18.8. The summed E-state index contributed by atoms with van der Waals surface area (Å²) in [5, 5.41) is 0. The van der Waals surface area contributed by atoms with E-state index in [9.17, 15) is 4.79 Å². The minimum Gasteiger partial charge on any atom is -0.339 e. The van der Waals surface area contributed by atoms with Gasteiger partial charge < -0.3 is 4.90 Å². The molecular weight excluding hydrogens is 290 g/mol. The third-order valence-electron chi connectivity index (χ3n) is 3.84. The highest BCUT2D eigenvalue weighted by Crippen LogP contribution is 2.31. The average Bonchev–Trinajstić information content (AvgIpc) is 2.28. The van der Waals surface area contributed by atoms with Crippen molar-refractivity contribution in [2.24, 2.45) is 5.41 Å². The zero-order valence-corrected chi connectivity index (χ0v) is 12.9. The summed E-state index contributed by atoms with van der Waals surface area (Å²) in [6, 6.07) is 5.90. The number of rotatable bonds is 1. The number of hydrogen-bond donors (Lipinski definition) is 0. The van der Waals surface area contributed by atoms with Crippen LogP contribution >= 0.6 is 15.9 Å². The van der Waals surface area contributed by atoms with Crippen molar-refractivity contribution in [3.05, 3.63) is 33.8 Å². The van der Waals surface area contributed by atoms with Gasteiger partial charge in [0.25, 0.3) is 5.91 Å². The third kappa shape index (κ3) is 2.77. The van der Waals surface area contributed by atoms with E-state index in [4.69, 9.17) is 0 Å². The molecule has 0 atom stereocenters. The molecule has 2 rings (SSSR count). The topological polar surface area (TPSA) is 20.3 Å². The highest BCUT2D eigenvalue weighted by atomic mass is 79.9. The fraction of sp³-hybridized carbons (Fsp3) is 0.533. The van der Waals surface area contributed by atoms with Gasteiger partial charge in [-0.1, -0.05) is 26.0 Å². The maximum Gasteiger partial charge on any atom is 0.255 e. The molecule has 18 heavy (non-hydrogen) atoms. The lowest BCUT2D eigenvalue weighted by atomic mass is 9.82. The molecule has 0 spiro atoms. The summed E-state index contributed by atoms with van der Waals surface area (Å²) < 4.78 is 0.900. The molecule has 1 saturated heterocycles. The summed E-state index contributed by atoms with van der Waals surface area (Å²) in [6.45, 7) is 8.28. The Bertz CT molecular complexity index is 437. The highest BCUT2D eigenvalue weighted by molar-refractivity contribution is 9.10. The van der Waals surface area contributed by atoms with Crippen molar-refractivity contribution in [2.45, 2.75) is 33.6 Å². The van der Waals surface area contributed by atoms with Gasteiger partial charge in [-0.15, -0.1) is 0 Å². The van der Waals surface area contributed by atoms with Crippen molar-refractivity contribution in [3.63, 3.8) is 0 Å². The Morgan fingerprint density at radius 1 is 1.28 bits per heavy atom. The van der Waals surface area contributed by atoms with Gasteiger partial charge in [0.1, 0.15) is 0 Å². The van der Waals surface area contributed by atoms with Gasteiger partial charge in [-0.2, -0.15) is 0 Å². The van der Waals surface area contributed by atoms with Gasteiger partial charge in [-0.3, -0.25) is 4.79 Å². The zero-order chi connectivity index (χ0) is 13.3. The number of aryl methyl sites for hydroxylation is 1. The third-order valence-corrected chi connectivity index (χ3v) is 4.50. The van der Waals surface area contributed by atoms with Crippen molar-refractivity contribution >= 4 is 21.8 Å². The van der Waals surface area contributed by atoms with Gasteiger partial charge in [0.15, 0.2) is 0 Å². The van der Waals surface area contributed by atoms with Crippen LogP contribution in [0.3, 0.4) is 0 Å². The predicted octanol–water partition coefficient (Wildman–Crippen LogP) is 4.02. The van der Waals surface area contributed by atoms with Crippen molar-refractivity contribution in [3.8, 4) is 0 Å². The van der Waals surface area contributed by atoms with Crippen LogP contribution in [0.15, 0.2) is 22.7 Å². The summed E-state index contributed by atoms with van der Waals surface area (Å²) in [7, 11) is 0. The molecule has 1 aromatic carbocycles. The molecule has 0 radical (unpaired) electrons. The molecular formula is C15H20BrNO. The van der Waals surface area contributed by atoms with Gasteiger partial charge in [-0.05, 0) is 52.7 Å².